The second-order valence-corrected chi connectivity index (χ2v) is 35.0. The Morgan fingerprint density at radius 2 is 0.408 bits per heavy atom. The summed E-state index contributed by atoms with van der Waals surface area (Å²) in [5.41, 5.74) is 0. The topological polar surface area (TPSA) is 237 Å². The number of hydrogen-bond acceptors (Lipinski definition) is 15. The summed E-state index contributed by atoms with van der Waals surface area (Å²) in [7, 11) is -9.93. The molecule has 103 heavy (non-hydrogen) atoms. The molecule has 19 heteroatoms. The van der Waals surface area contributed by atoms with Crippen LogP contribution in [0.2, 0.25) is 0 Å². The Balaban J connectivity index is 5.21. The summed E-state index contributed by atoms with van der Waals surface area (Å²) >= 11 is 0. The third-order valence-electron chi connectivity index (χ3n) is 19.6. The van der Waals surface area contributed by atoms with Crippen LogP contribution in [-0.4, -0.2) is 96.7 Å². The fraction of sp³-hybridized carbons (Fsp3) is 0.952. The molecule has 0 aliphatic rings. The van der Waals surface area contributed by atoms with Crippen molar-refractivity contribution in [1.82, 2.24) is 0 Å². The van der Waals surface area contributed by atoms with Crippen molar-refractivity contribution >= 4 is 39.5 Å². The summed E-state index contributed by atoms with van der Waals surface area (Å²) in [5, 5.41) is 10.7. The average Bonchev–Trinajstić information content (AvgIpc) is 0.940. The quantitative estimate of drug-likeness (QED) is 0.0222. The molecular formula is C84H164O17P2. The van der Waals surface area contributed by atoms with Crippen LogP contribution in [0.1, 0.15) is 434 Å². The predicted octanol–water partition coefficient (Wildman–Crippen LogP) is 25.2. The summed E-state index contributed by atoms with van der Waals surface area (Å²) in [5.74, 6) is 0.976. The number of aliphatic hydroxyl groups is 1. The van der Waals surface area contributed by atoms with Crippen LogP contribution in [0, 0.1) is 23.7 Å². The van der Waals surface area contributed by atoms with E-state index >= 15 is 0 Å². The lowest BCUT2D eigenvalue weighted by molar-refractivity contribution is -0.161. The molecule has 0 aromatic heterocycles. The number of phosphoric acid groups is 2. The molecule has 0 aromatic rings. The second-order valence-electron chi connectivity index (χ2n) is 32.1. The van der Waals surface area contributed by atoms with Gasteiger partial charge in [0.1, 0.15) is 19.3 Å². The largest absolute Gasteiger partial charge is 0.472 e. The molecule has 0 saturated heterocycles. The number of ether oxygens (including phenoxy) is 4. The van der Waals surface area contributed by atoms with Crippen LogP contribution >= 0.6 is 15.6 Å². The maximum absolute atomic E-state index is 13.1. The molecular weight excluding hydrogens is 1340 g/mol. The van der Waals surface area contributed by atoms with Crippen molar-refractivity contribution in [2.24, 2.45) is 23.7 Å². The molecule has 3 unspecified atom stereocenters. The summed E-state index contributed by atoms with van der Waals surface area (Å²) < 4.78 is 68.8. The van der Waals surface area contributed by atoms with Gasteiger partial charge in [-0.3, -0.25) is 37.3 Å². The fourth-order valence-electron chi connectivity index (χ4n) is 13.0. The number of aliphatic hydroxyl groups excluding tert-OH is 1. The molecule has 0 saturated carbocycles. The van der Waals surface area contributed by atoms with E-state index in [1.54, 1.807) is 0 Å². The minimum absolute atomic E-state index is 0.107. The first-order valence-corrected chi connectivity index (χ1v) is 46.2. The standard InChI is InChI=1S/C84H164O17P2/c1-74(2)60-52-44-36-30-24-18-13-9-11-15-21-27-33-39-48-56-64-81(86)94-70-79(100-83(88)67-59-51-41-35-29-23-17-20-26-32-38-46-54-62-76(5)6)72-98-102(90,91)96-68-78(85)69-97-103(92,93)99-73-80(71-95-82(87)65-57-49-43-42-47-55-63-77(7)8)101-84(89)66-58-50-40-34-28-22-16-12-10-14-19-25-31-37-45-53-61-75(3)4/h74-80,85H,9-73H2,1-8H3,(H,90,91)(H,92,93)/t78?,79-,80-/m1/s1. The molecule has 0 aliphatic heterocycles. The van der Waals surface area contributed by atoms with Gasteiger partial charge in [0.05, 0.1) is 26.4 Å². The van der Waals surface area contributed by atoms with Gasteiger partial charge in [0, 0.05) is 25.7 Å². The average molecular weight is 1510 g/mol. The van der Waals surface area contributed by atoms with Crippen molar-refractivity contribution in [2.75, 3.05) is 39.6 Å². The first-order valence-electron chi connectivity index (χ1n) is 43.2. The highest BCUT2D eigenvalue weighted by atomic mass is 31.2. The molecule has 0 radical (unpaired) electrons. The molecule has 0 spiro atoms. The van der Waals surface area contributed by atoms with Gasteiger partial charge in [-0.15, -0.1) is 0 Å². The van der Waals surface area contributed by atoms with Gasteiger partial charge in [0.15, 0.2) is 12.2 Å². The molecule has 612 valence electrons. The van der Waals surface area contributed by atoms with E-state index < -0.39 is 97.5 Å². The summed E-state index contributed by atoms with van der Waals surface area (Å²) in [6.07, 6.45) is 61.3. The van der Waals surface area contributed by atoms with E-state index in [2.05, 4.69) is 55.4 Å². The van der Waals surface area contributed by atoms with E-state index in [0.717, 1.165) is 114 Å². The lowest BCUT2D eigenvalue weighted by Crippen LogP contribution is -2.30. The molecule has 0 heterocycles. The van der Waals surface area contributed by atoms with E-state index in [4.69, 9.17) is 37.0 Å². The van der Waals surface area contributed by atoms with E-state index in [1.807, 2.05) is 0 Å². The van der Waals surface area contributed by atoms with E-state index in [-0.39, 0.29) is 25.7 Å². The monoisotopic (exact) mass is 1510 g/mol. The molecule has 0 fully saturated rings. The van der Waals surface area contributed by atoms with Gasteiger partial charge in [-0.05, 0) is 49.4 Å². The number of unbranched alkanes of at least 4 members (excludes halogenated alkanes) is 47. The van der Waals surface area contributed by atoms with E-state index in [9.17, 15) is 43.2 Å². The second kappa shape index (κ2) is 72.9. The first kappa shape index (κ1) is 101. The lowest BCUT2D eigenvalue weighted by Gasteiger charge is -2.21. The zero-order valence-electron chi connectivity index (χ0n) is 68.0. The SMILES string of the molecule is CC(C)CCCCCCCCCCCCCCCCCCC(=O)OC[C@H](COP(=O)(O)OCC(O)COP(=O)(O)OC[C@@H](COC(=O)CCCCCCCCC(C)C)OC(=O)CCCCCCCCCCCCCCCCCCC(C)C)OC(=O)CCCCCCCCCCCCCCCC(C)C. The zero-order valence-corrected chi connectivity index (χ0v) is 69.7. The predicted molar refractivity (Wildman–Crippen MR) is 423 cm³/mol. The van der Waals surface area contributed by atoms with Gasteiger partial charge in [-0.2, -0.15) is 0 Å². The summed E-state index contributed by atoms with van der Waals surface area (Å²) in [6, 6.07) is 0. The first-order chi connectivity index (χ1) is 49.6. The van der Waals surface area contributed by atoms with Crippen LogP contribution in [0.15, 0.2) is 0 Å². The van der Waals surface area contributed by atoms with Crippen LogP contribution in [0.25, 0.3) is 0 Å². The summed E-state index contributed by atoms with van der Waals surface area (Å²) in [4.78, 5) is 73.1. The Morgan fingerprint density at radius 3 is 0.602 bits per heavy atom. The van der Waals surface area contributed by atoms with Gasteiger partial charge in [0.25, 0.3) is 0 Å². The Kier molecular flexibility index (Phi) is 71.5. The minimum Gasteiger partial charge on any atom is -0.462 e. The molecule has 0 rings (SSSR count). The maximum Gasteiger partial charge on any atom is 0.472 e. The van der Waals surface area contributed by atoms with Crippen LogP contribution in [0.3, 0.4) is 0 Å². The Bertz CT molecular complexity index is 2010. The summed E-state index contributed by atoms with van der Waals surface area (Å²) in [6.45, 7) is 14.3. The molecule has 0 amide bonds. The van der Waals surface area contributed by atoms with Crippen molar-refractivity contribution in [1.29, 1.82) is 0 Å². The van der Waals surface area contributed by atoms with E-state index in [0.29, 0.717) is 31.6 Å². The molecule has 17 nitrogen and oxygen atoms in total. The van der Waals surface area contributed by atoms with Gasteiger partial charge in [-0.1, -0.05) is 383 Å². The highest BCUT2D eigenvalue weighted by molar-refractivity contribution is 7.47. The van der Waals surface area contributed by atoms with Crippen molar-refractivity contribution in [3.8, 4) is 0 Å². The molecule has 0 bridgehead atoms. The maximum atomic E-state index is 13.1. The third-order valence-corrected chi connectivity index (χ3v) is 21.5. The molecule has 3 N–H and O–H groups in total. The van der Waals surface area contributed by atoms with Crippen LogP contribution < -0.4 is 0 Å². The van der Waals surface area contributed by atoms with Gasteiger partial charge >= 0.3 is 39.5 Å². The highest BCUT2D eigenvalue weighted by Crippen LogP contribution is 2.45. The zero-order chi connectivity index (χ0) is 76.0. The van der Waals surface area contributed by atoms with Crippen molar-refractivity contribution in [3.63, 3.8) is 0 Å². The van der Waals surface area contributed by atoms with E-state index in [1.165, 1.54) is 231 Å². The van der Waals surface area contributed by atoms with Crippen molar-refractivity contribution in [2.45, 2.75) is 453 Å². The van der Waals surface area contributed by atoms with Crippen molar-refractivity contribution < 1.29 is 80.2 Å². The number of carbonyl (C=O) groups excluding carboxylic acids is 4. The minimum atomic E-state index is -4.96. The third kappa shape index (κ3) is 78.0. The van der Waals surface area contributed by atoms with Crippen LogP contribution in [0.4, 0.5) is 0 Å². The number of rotatable bonds is 81. The fourth-order valence-corrected chi connectivity index (χ4v) is 14.5. The molecule has 5 atom stereocenters. The Labute approximate surface area is 632 Å². The molecule has 0 aromatic carbocycles. The lowest BCUT2D eigenvalue weighted by atomic mass is 10.0. The highest BCUT2D eigenvalue weighted by Gasteiger charge is 2.30. The van der Waals surface area contributed by atoms with Gasteiger partial charge in [-0.25, -0.2) is 9.13 Å². The Hall–Kier alpha value is -1.94. The van der Waals surface area contributed by atoms with Gasteiger partial charge in [0.2, 0.25) is 0 Å². The van der Waals surface area contributed by atoms with Crippen molar-refractivity contribution in [3.05, 3.63) is 0 Å². The smallest absolute Gasteiger partial charge is 0.462 e. The number of phosphoric ester groups is 2. The van der Waals surface area contributed by atoms with Crippen LogP contribution in [0.5, 0.6) is 0 Å². The number of hydrogen-bond donors (Lipinski definition) is 3. The normalized spacial score (nSPS) is 14.0. The number of esters is 4. The van der Waals surface area contributed by atoms with Gasteiger partial charge < -0.3 is 33.8 Å². The van der Waals surface area contributed by atoms with Crippen LogP contribution in [-0.2, 0) is 65.4 Å². The Morgan fingerprint density at radius 1 is 0.243 bits per heavy atom. The molecule has 0 aliphatic carbocycles. The number of carbonyl (C=O) groups is 4.